The van der Waals surface area contributed by atoms with Crippen LogP contribution in [-0.4, -0.2) is 25.2 Å². The molecule has 6 nitrogen and oxygen atoms in total. The van der Waals surface area contributed by atoms with Gasteiger partial charge in [0.25, 0.3) is 5.91 Å². The van der Waals surface area contributed by atoms with Crippen molar-refractivity contribution in [1.29, 1.82) is 0 Å². The van der Waals surface area contributed by atoms with Gasteiger partial charge in [0.2, 0.25) is 0 Å². The zero-order valence-corrected chi connectivity index (χ0v) is 10.8. The summed E-state index contributed by atoms with van der Waals surface area (Å²) in [5, 5.41) is 4.51. The van der Waals surface area contributed by atoms with Gasteiger partial charge in [-0.1, -0.05) is 24.3 Å². The molecule has 2 aromatic carbocycles. The summed E-state index contributed by atoms with van der Waals surface area (Å²) in [4.78, 5) is 22.4. The molecule has 0 atom stereocenters. The van der Waals surface area contributed by atoms with Gasteiger partial charge in [0.15, 0.2) is 0 Å². The van der Waals surface area contributed by atoms with Crippen molar-refractivity contribution in [2.45, 2.75) is 0 Å². The largest absolute Gasteiger partial charge is 0.448 e. The highest BCUT2D eigenvalue weighted by atomic mass is 16.5. The fraction of sp³-hybridized carbons (Fsp3) is 0.143. The fourth-order valence-corrected chi connectivity index (χ4v) is 1.87. The van der Waals surface area contributed by atoms with Crippen LogP contribution in [0.3, 0.4) is 0 Å². The Kier molecular flexibility index (Phi) is 4.05. The summed E-state index contributed by atoms with van der Waals surface area (Å²) in [5.41, 5.74) is 11.5. The van der Waals surface area contributed by atoms with Crippen molar-refractivity contribution < 1.29 is 14.3 Å². The number of primary amides is 1. The zero-order chi connectivity index (χ0) is 14.5. The van der Waals surface area contributed by atoms with Gasteiger partial charge >= 0.3 is 6.09 Å². The van der Waals surface area contributed by atoms with Crippen LogP contribution in [0, 0.1) is 0 Å². The number of nitrogens with one attached hydrogen (secondary N) is 1. The number of carbonyl (C=O) groups excluding carboxylic acids is 2. The molecule has 0 aliphatic heterocycles. The van der Waals surface area contributed by atoms with Crippen LogP contribution in [-0.2, 0) is 4.74 Å². The minimum atomic E-state index is -0.871. The molecule has 2 amide bonds. The number of hydrogen-bond acceptors (Lipinski definition) is 4. The molecule has 0 saturated heterocycles. The molecule has 20 heavy (non-hydrogen) atoms. The first-order valence-electron chi connectivity index (χ1n) is 6.06. The molecular formula is C14H15N3O3. The van der Waals surface area contributed by atoms with E-state index in [1.165, 1.54) is 0 Å². The normalized spacial score (nSPS) is 10.2. The van der Waals surface area contributed by atoms with E-state index in [4.69, 9.17) is 11.5 Å². The number of nitrogen functional groups attached to an aromatic ring is 1. The van der Waals surface area contributed by atoms with Crippen molar-refractivity contribution in [2.24, 2.45) is 5.73 Å². The van der Waals surface area contributed by atoms with Crippen LogP contribution in [0.1, 0.15) is 10.4 Å². The van der Waals surface area contributed by atoms with Crippen molar-refractivity contribution in [3.05, 3.63) is 42.0 Å². The molecule has 0 unspecified atom stereocenters. The third-order valence-electron chi connectivity index (χ3n) is 2.79. The smallest absolute Gasteiger partial charge is 0.404 e. The van der Waals surface area contributed by atoms with E-state index in [9.17, 15) is 9.59 Å². The number of amides is 2. The van der Waals surface area contributed by atoms with Crippen molar-refractivity contribution in [3.8, 4) is 0 Å². The highest BCUT2D eigenvalue weighted by molar-refractivity contribution is 6.03. The van der Waals surface area contributed by atoms with Gasteiger partial charge < -0.3 is 21.5 Å². The second kappa shape index (κ2) is 5.92. The Morgan fingerprint density at radius 2 is 1.80 bits per heavy atom. The number of fused-ring (bicyclic) bond motifs is 1. The van der Waals surface area contributed by atoms with Gasteiger partial charge in [-0.15, -0.1) is 0 Å². The van der Waals surface area contributed by atoms with Gasteiger partial charge in [-0.25, -0.2) is 4.79 Å². The maximum Gasteiger partial charge on any atom is 0.404 e. The van der Waals surface area contributed by atoms with Crippen LogP contribution >= 0.6 is 0 Å². The zero-order valence-electron chi connectivity index (χ0n) is 10.8. The topological polar surface area (TPSA) is 107 Å². The van der Waals surface area contributed by atoms with Crippen LogP contribution in [0.4, 0.5) is 10.5 Å². The summed E-state index contributed by atoms with van der Waals surface area (Å²) < 4.78 is 4.52. The summed E-state index contributed by atoms with van der Waals surface area (Å²) in [6.45, 7) is 0.197. The Hall–Kier alpha value is -2.76. The second-order valence-corrected chi connectivity index (χ2v) is 4.21. The first-order valence-corrected chi connectivity index (χ1v) is 6.06. The van der Waals surface area contributed by atoms with E-state index >= 15 is 0 Å². The molecule has 104 valence electrons. The van der Waals surface area contributed by atoms with Crippen molar-refractivity contribution in [3.63, 3.8) is 0 Å². The molecule has 5 N–H and O–H groups in total. The van der Waals surface area contributed by atoms with Crippen LogP contribution in [0.5, 0.6) is 0 Å². The Bertz CT molecular complexity index is 655. The predicted molar refractivity (Wildman–Crippen MR) is 76.2 cm³/mol. The lowest BCUT2D eigenvalue weighted by Crippen LogP contribution is -2.29. The average Bonchev–Trinajstić information content (AvgIpc) is 2.42. The van der Waals surface area contributed by atoms with Crippen molar-refractivity contribution >= 4 is 28.5 Å². The molecule has 0 aliphatic rings. The quantitative estimate of drug-likeness (QED) is 0.575. The van der Waals surface area contributed by atoms with Gasteiger partial charge in [0.05, 0.1) is 12.1 Å². The van der Waals surface area contributed by atoms with E-state index in [0.29, 0.717) is 11.3 Å². The lowest BCUT2D eigenvalue weighted by atomic mass is 10.0. The Labute approximate surface area is 115 Å². The second-order valence-electron chi connectivity index (χ2n) is 4.21. The molecule has 2 rings (SSSR count). The molecule has 0 heterocycles. The third-order valence-corrected chi connectivity index (χ3v) is 2.79. The highest BCUT2D eigenvalue weighted by Gasteiger charge is 2.10. The van der Waals surface area contributed by atoms with E-state index < -0.39 is 6.09 Å². The molecule has 6 heteroatoms. The van der Waals surface area contributed by atoms with E-state index in [-0.39, 0.29) is 19.1 Å². The van der Waals surface area contributed by atoms with Crippen LogP contribution in [0.25, 0.3) is 10.8 Å². The van der Waals surface area contributed by atoms with Crippen molar-refractivity contribution in [1.82, 2.24) is 5.32 Å². The molecule has 0 aromatic heterocycles. The lowest BCUT2D eigenvalue weighted by Gasteiger charge is -2.09. The molecule has 0 bridgehead atoms. The van der Waals surface area contributed by atoms with E-state index in [1.807, 2.05) is 24.3 Å². The molecule has 0 saturated carbocycles. The third kappa shape index (κ3) is 3.17. The molecular weight excluding hydrogens is 258 g/mol. The first kappa shape index (κ1) is 13.7. The van der Waals surface area contributed by atoms with Crippen molar-refractivity contribution in [2.75, 3.05) is 18.9 Å². The summed E-state index contributed by atoms with van der Waals surface area (Å²) >= 11 is 0. The fourth-order valence-electron chi connectivity index (χ4n) is 1.87. The number of anilines is 1. The summed E-state index contributed by atoms with van der Waals surface area (Å²) in [6, 6.07) is 11.1. The van der Waals surface area contributed by atoms with Gasteiger partial charge in [-0.3, -0.25) is 4.79 Å². The molecule has 0 aliphatic carbocycles. The number of rotatable bonds is 4. The van der Waals surface area contributed by atoms with Gasteiger partial charge in [0, 0.05) is 5.69 Å². The van der Waals surface area contributed by atoms with Gasteiger partial charge in [-0.05, 0) is 22.9 Å². The predicted octanol–water partition coefficient (Wildman–Crippen LogP) is 1.25. The van der Waals surface area contributed by atoms with Crippen LogP contribution in [0.2, 0.25) is 0 Å². The average molecular weight is 273 g/mol. The van der Waals surface area contributed by atoms with Crippen LogP contribution in [0.15, 0.2) is 36.4 Å². The van der Waals surface area contributed by atoms with E-state index in [0.717, 1.165) is 10.8 Å². The maximum absolute atomic E-state index is 12.0. The summed E-state index contributed by atoms with van der Waals surface area (Å²) in [5.74, 6) is -0.318. The highest BCUT2D eigenvalue weighted by Crippen LogP contribution is 2.21. The maximum atomic E-state index is 12.0. The Morgan fingerprint density at radius 3 is 2.45 bits per heavy atom. The number of nitrogens with two attached hydrogens (primary N) is 2. The minimum absolute atomic E-state index is 0.0224. The monoisotopic (exact) mass is 273 g/mol. The first-order chi connectivity index (χ1) is 9.58. The number of ether oxygens (including phenoxy) is 1. The number of carbonyl (C=O) groups is 2. The van der Waals surface area contributed by atoms with Gasteiger partial charge in [-0.2, -0.15) is 0 Å². The standard InChI is InChI=1S/C14H15N3O3/c15-12-8-10-4-2-1-3-9(10)7-11(12)13(18)17-5-6-20-14(16)19/h1-4,7-8H,5-6,15H2,(H2,16,19)(H,17,18). The minimum Gasteiger partial charge on any atom is -0.448 e. The molecule has 0 fully saturated rings. The number of hydrogen-bond donors (Lipinski definition) is 3. The molecule has 2 aromatic rings. The number of benzene rings is 2. The van der Waals surface area contributed by atoms with E-state index in [1.54, 1.807) is 12.1 Å². The molecule has 0 spiro atoms. The summed E-state index contributed by atoms with van der Waals surface area (Å²) in [6.07, 6.45) is -0.871. The van der Waals surface area contributed by atoms with Crippen LogP contribution < -0.4 is 16.8 Å². The Balaban J connectivity index is 2.09. The molecule has 0 radical (unpaired) electrons. The summed E-state index contributed by atoms with van der Waals surface area (Å²) in [7, 11) is 0. The van der Waals surface area contributed by atoms with E-state index in [2.05, 4.69) is 10.1 Å². The SMILES string of the molecule is NC(=O)OCCNC(=O)c1cc2ccccc2cc1N. The lowest BCUT2D eigenvalue weighted by molar-refractivity contribution is 0.0938. The van der Waals surface area contributed by atoms with Gasteiger partial charge in [0.1, 0.15) is 6.61 Å². The Morgan fingerprint density at radius 1 is 1.15 bits per heavy atom.